The molecule has 1 amide bonds. The lowest BCUT2D eigenvalue weighted by Gasteiger charge is -2.34. The van der Waals surface area contributed by atoms with Gasteiger partial charge in [-0.3, -0.25) is 14.7 Å². The Morgan fingerprint density at radius 1 is 1.19 bits per heavy atom. The first-order chi connectivity index (χ1) is 12.6. The van der Waals surface area contributed by atoms with Crippen LogP contribution in [0.2, 0.25) is 0 Å². The number of carbonyl (C=O) groups is 1. The van der Waals surface area contributed by atoms with Crippen molar-refractivity contribution >= 4 is 5.91 Å². The zero-order chi connectivity index (χ0) is 18.5. The van der Waals surface area contributed by atoms with E-state index in [4.69, 9.17) is 4.74 Å². The highest BCUT2D eigenvalue weighted by Gasteiger charge is 2.25. The summed E-state index contributed by atoms with van der Waals surface area (Å²) in [4.78, 5) is 18.5. The molecule has 2 heterocycles. The highest BCUT2D eigenvalue weighted by atomic mass is 19.2. The molecule has 2 aromatic rings. The fraction of sp³-hybridized carbons (Fsp3) is 0.333. The number of halogens is 3. The second kappa shape index (κ2) is 8.29. The van der Waals surface area contributed by atoms with Crippen molar-refractivity contribution in [3.63, 3.8) is 0 Å². The van der Waals surface area contributed by atoms with Crippen molar-refractivity contribution < 1.29 is 22.7 Å². The van der Waals surface area contributed by atoms with Crippen LogP contribution in [0.3, 0.4) is 0 Å². The summed E-state index contributed by atoms with van der Waals surface area (Å²) in [5.74, 6) is -5.29. The summed E-state index contributed by atoms with van der Waals surface area (Å²) in [6, 6.07) is 5.15. The molecule has 1 saturated heterocycles. The molecule has 0 saturated carbocycles. The van der Waals surface area contributed by atoms with Crippen molar-refractivity contribution in [3.05, 3.63) is 65.2 Å². The number of rotatable bonds is 5. The number of aromatic nitrogens is 1. The number of carbonyl (C=O) groups excluding carboxylic acids is 1. The number of ether oxygens (including phenoxy) is 1. The van der Waals surface area contributed by atoms with E-state index in [9.17, 15) is 18.0 Å². The second-order valence-electron chi connectivity index (χ2n) is 5.88. The molecule has 0 spiro atoms. The van der Waals surface area contributed by atoms with Gasteiger partial charge in [0, 0.05) is 32.0 Å². The van der Waals surface area contributed by atoms with Crippen molar-refractivity contribution in [1.29, 1.82) is 0 Å². The Morgan fingerprint density at radius 3 is 2.65 bits per heavy atom. The van der Waals surface area contributed by atoms with E-state index in [1.165, 1.54) is 0 Å². The molecule has 3 rings (SSSR count). The van der Waals surface area contributed by atoms with Gasteiger partial charge in [0.1, 0.15) is 0 Å². The van der Waals surface area contributed by atoms with Crippen LogP contribution in [-0.4, -0.2) is 48.6 Å². The van der Waals surface area contributed by atoms with Crippen LogP contribution >= 0.6 is 0 Å². The summed E-state index contributed by atoms with van der Waals surface area (Å²) in [6.07, 6.45) is 3.35. The number of pyridine rings is 1. The normalized spacial score (nSPS) is 16.3. The number of amides is 1. The van der Waals surface area contributed by atoms with Crippen molar-refractivity contribution in [2.45, 2.75) is 6.04 Å². The molecule has 1 aromatic heterocycles. The smallest absolute Gasteiger partial charge is 0.254 e. The molecule has 1 unspecified atom stereocenters. The molecular formula is C18H18F3N3O2. The minimum atomic E-state index is -1.66. The van der Waals surface area contributed by atoms with Gasteiger partial charge in [-0.05, 0) is 23.8 Å². The third kappa shape index (κ3) is 4.03. The van der Waals surface area contributed by atoms with Crippen LogP contribution in [0, 0.1) is 17.5 Å². The van der Waals surface area contributed by atoms with Crippen molar-refractivity contribution in [2.75, 3.05) is 32.8 Å². The molecule has 1 aliphatic heterocycles. The van der Waals surface area contributed by atoms with Gasteiger partial charge in [-0.2, -0.15) is 0 Å². The van der Waals surface area contributed by atoms with Gasteiger partial charge in [-0.1, -0.05) is 6.07 Å². The van der Waals surface area contributed by atoms with Gasteiger partial charge in [-0.25, -0.2) is 13.2 Å². The Morgan fingerprint density at radius 2 is 1.96 bits per heavy atom. The topological polar surface area (TPSA) is 54.5 Å². The third-order valence-electron chi connectivity index (χ3n) is 4.29. The molecule has 1 atom stereocenters. The molecule has 0 bridgehead atoms. The lowest BCUT2D eigenvalue weighted by atomic mass is 10.1. The van der Waals surface area contributed by atoms with E-state index in [-0.39, 0.29) is 12.6 Å². The molecular weight excluding hydrogens is 347 g/mol. The Balaban J connectivity index is 1.75. The fourth-order valence-corrected chi connectivity index (χ4v) is 2.91. The average Bonchev–Trinajstić information content (AvgIpc) is 2.68. The molecule has 1 N–H and O–H groups in total. The Kier molecular flexibility index (Phi) is 5.85. The number of hydrogen-bond acceptors (Lipinski definition) is 4. The summed E-state index contributed by atoms with van der Waals surface area (Å²) in [6.45, 7) is 2.66. The van der Waals surface area contributed by atoms with E-state index < -0.39 is 28.9 Å². The quantitative estimate of drug-likeness (QED) is 0.827. The van der Waals surface area contributed by atoms with Gasteiger partial charge in [0.25, 0.3) is 5.91 Å². The molecule has 5 nitrogen and oxygen atoms in total. The zero-order valence-corrected chi connectivity index (χ0v) is 13.9. The summed E-state index contributed by atoms with van der Waals surface area (Å²) in [7, 11) is 0. The predicted molar refractivity (Wildman–Crippen MR) is 88.0 cm³/mol. The first-order valence-electron chi connectivity index (χ1n) is 8.21. The lowest BCUT2D eigenvalue weighted by molar-refractivity contribution is 0.0161. The monoisotopic (exact) mass is 365 g/mol. The maximum Gasteiger partial charge on any atom is 0.254 e. The van der Waals surface area contributed by atoms with Crippen LogP contribution in [0.1, 0.15) is 22.0 Å². The van der Waals surface area contributed by atoms with Crippen LogP contribution in [0.5, 0.6) is 0 Å². The van der Waals surface area contributed by atoms with E-state index >= 15 is 0 Å². The first-order valence-corrected chi connectivity index (χ1v) is 8.21. The number of nitrogens with zero attached hydrogens (tertiary/aromatic N) is 2. The van der Waals surface area contributed by atoms with Crippen molar-refractivity contribution in [3.8, 4) is 0 Å². The van der Waals surface area contributed by atoms with Crippen molar-refractivity contribution in [1.82, 2.24) is 15.2 Å². The van der Waals surface area contributed by atoms with E-state index in [2.05, 4.69) is 15.2 Å². The van der Waals surface area contributed by atoms with Crippen LogP contribution < -0.4 is 5.32 Å². The molecule has 1 aliphatic rings. The summed E-state index contributed by atoms with van der Waals surface area (Å²) < 4.78 is 45.5. The van der Waals surface area contributed by atoms with Gasteiger partial charge in [-0.15, -0.1) is 0 Å². The molecule has 26 heavy (non-hydrogen) atoms. The van der Waals surface area contributed by atoms with Gasteiger partial charge < -0.3 is 10.1 Å². The summed E-state index contributed by atoms with van der Waals surface area (Å²) in [5, 5.41) is 2.60. The molecule has 0 radical (unpaired) electrons. The molecule has 1 fully saturated rings. The second-order valence-corrected chi connectivity index (χ2v) is 5.88. The van der Waals surface area contributed by atoms with Gasteiger partial charge in [0.05, 0.1) is 24.8 Å². The van der Waals surface area contributed by atoms with Gasteiger partial charge >= 0.3 is 0 Å². The SMILES string of the molecule is O=C(NCC(c1cccnc1)N1CCOCC1)c1ccc(F)c(F)c1F. The van der Waals surface area contributed by atoms with Crippen LogP contribution in [0.15, 0.2) is 36.7 Å². The molecule has 138 valence electrons. The highest BCUT2D eigenvalue weighted by Crippen LogP contribution is 2.21. The maximum atomic E-state index is 13.8. The van der Waals surface area contributed by atoms with E-state index in [0.717, 1.165) is 17.7 Å². The zero-order valence-electron chi connectivity index (χ0n) is 13.9. The first kappa shape index (κ1) is 18.3. The lowest BCUT2D eigenvalue weighted by Crippen LogP contribution is -2.44. The van der Waals surface area contributed by atoms with Crippen LogP contribution in [-0.2, 0) is 4.74 Å². The van der Waals surface area contributed by atoms with Gasteiger partial charge in [0.15, 0.2) is 17.5 Å². The van der Waals surface area contributed by atoms with Crippen LogP contribution in [0.4, 0.5) is 13.2 Å². The van der Waals surface area contributed by atoms with Crippen molar-refractivity contribution in [2.24, 2.45) is 0 Å². The summed E-state index contributed by atoms with van der Waals surface area (Å²) >= 11 is 0. The fourth-order valence-electron chi connectivity index (χ4n) is 2.91. The number of morpholine rings is 1. The standard InChI is InChI=1S/C18H18F3N3O2/c19-14-4-3-13(16(20)17(14)21)18(25)23-11-15(12-2-1-5-22-10-12)24-6-8-26-9-7-24/h1-5,10,15H,6-9,11H2,(H,23,25). The Labute approximate surface area is 148 Å². The predicted octanol–water partition coefficient (Wildman–Crippen LogP) is 2.30. The number of benzene rings is 1. The number of nitrogens with one attached hydrogen (secondary N) is 1. The maximum absolute atomic E-state index is 13.8. The van der Waals surface area contributed by atoms with E-state index in [0.29, 0.717) is 26.3 Å². The Bertz CT molecular complexity index is 768. The van der Waals surface area contributed by atoms with E-state index in [1.54, 1.807) is 18.5 Å². The highest BCUT2D eigenvalue weighted by molar-refractivity contribution is 5.94. The molecule has 1 aromatic carbocycles. The van der Waals surface area contributed by atoms with Gasteiger partial charge in [0.2, 0.25) is 0 Å². The molecule has 0 aliphatic carbocycles. The largest absolute Gasteiger partial charge is 0.379 e. The molecule has 8 heteroatoms. The summed E-state index contributed by atoms with van der Waals surface area (Å²) in [5.41, 5.74) is 0.358. The minimum absolute atomic E-state index is 0.170. The van der Waals surface area contributed by atoms with Crippen LogP contribution in [0.25, 0.3) is 0 Å². The van der Waals surface area contributed by atoms with E-state index in [1.807, 2.05) is 6.07 Å². The third-order valence-corrected chi connectivity index (χ3v) is 4.29. The average molecular weight is 365 g/mol. The minimum Gasteiger partial charge on any atom is -0.379 e. The number of hydrogen-bond donors (Lipinski definition) is 1. The Hall–Kier alpha value is -2.45.